The van der Waals surface area contributed by atoms with Gasteiger partial charge in [0, 0.05) is 43.1 Å². The average Bonchev–Trinajstić information content (AvgIpc) is 3.19. The first kappa shape index (κ1) is 17.5. The first-order valence-corrected chi connectivity index (χ1v) is 9.14. The lowest BCUT2D eigenvalue weighted by Gasteiger charge is -2.18. The molecule has 2 amide bonds. The van der Waals surface area contributed by atoms with Crippen LogP contribution in [-0.2, 0) is 6.54 Å². The van der Waals surface area contributed by atoms with Crippen molar-refractivity contribution in [3.05, 3.63) is 47.0 Å². The van der Waals surface area contributed by atoms with E-state index in [2.05, 4.69) is 42.6 Å². The second-order valence-electron chi connectivity index (χ2n) is 7.07. The topological polar surface area (TPSA) is 50.2 Å². The van der Waals surface area contributed by atoms with Crippen molar-refractivity contribution in [1.29, 1.82) is 0 Å². The molecule has 1 aromatic heterocycles. The normalized spacial score (nSPS) is 17.1. The number of amides is 2. The molecule has 1 saturated heterocycles. The van der Waals surface area contributed by atoms with Gasteiger partial charge < -0.3 is 14.8 Å². The quantitative estimate of drug-likeness (QED) is 0.905. The van der Waals surface area contributed by atoms with E-state index in [1.807, 2.05) is 29.3 Å². The number of likely N-dealkylation sites (tertiary alicyclic amines) is 1. The molecule has 2 heterocycles. The van der Waals surface area contributed by atoms with Gasteiger partial charge in [0.25, 0.3) is 0 Å². The summed E-state index contributed by atoms with van der Waals surface area (Å²) < 4.78 is 2.30. The van der Waals surface area contributed by atoms with Crippen molar-refractivity contribution in [2.45, 2.75) is 53.0 Å². The van der Waals surface area contributed by atoms with E-state index < -0.39 is 0 Å². The summed E-state index contributed by atoms with van der Waals surface area (Å²) in [4.78, 5) is 19.1. The average molecular weight is 340 g/mol. The molecular weight excluding hydrogens is 312 g/mol. The Morgan fingerprint density at radius 2 is 2.08 bits per heavy atom. The van der Waals surface area contributed by atoms with Crippen LogP contribution in [0.2, 0.25) is 0 Å². The predicted octanol–water partition coefficient (Wildman–Crippen LogP) is 4.24. The van der Waals surface area contributed by atoms with Crippen LogP contribution in [0.15, 0.2) is 24.4 Å². The van der Waals surface area contributed by atoms with Gasteiger partial charge in [-0.05, 0) is 56.9 Å². The van der Waals surface area contributed by atoms with Crippen molar-refractivity contribution in [3.63, 3.8) is 0 Å². The van der Waals surface area contributed by atoms with Gasteiger partial charge in [-0.25, -0.2) is 9.78 Å². The summed E-state index contributed by atoms with van der Waals surface area (Å²) in [6, 6.07) is 6.02. The Morgan fingerprint density at radius 1 is 1.28 bits per heavy atom. The molecule has 1 fully saturated rings. The second kappa shape index (κ2) is 7.30. The Kier molecular flexibility index (Phi) is 5.11. The highest BCUT2D eigenvalue weighted by molar-refractivity contribution is 5.89. The molecule has 2 aromatic rings. The Bertz CT molecular complexity index is 765. The van der Waals surface area contributed by atoms with Gasteiger partial charge in [-0.1, -0.05) is 13.0 Å². The van der Waals surface area contributed by atoms with Gasteiger partial charge in [0.05, 0.1) is 0 Å². The monoisotopic (exact) mass is 340 g/mol. The summed E-state index contributed by atoms with van der Waals surface area (Å²) in [7, 11) is 0. The maximum absolute atomic E-state index is 12.6. The molecule has 5 nitrogen and oxygen atoms in total. The zero-order valence-corrected chi connectivity index (χ0v) is 15.7. The summed E-state index contributed by atoms with van der Waals surface area (Å²) in [5.74, 6) is 1.45. The van der Waals surface area contributed by atoms with Crippen LogP contribution in [-0.4, -0.2) is 33.6 Å². The fraction of sp³-hybridized carbons (Fsp3) is 0.500. The van der Waals surface area contributed by atoms with E-state index in [1.54, 1.807) is 0 Å². The Labute approximate surface area is 150 Å². The molecular formula is C20H28N4O. The van der Waals surface area contributed by atoms with Gasteiger partial charge in [0.1, 0.15) is 5.82 Å². The zero-order valence-electron chi connectivity index (χ0n) is 15.7. The predicted molar refractivity (Wildman–Crippen MR) is 101 cm³/mol. The standard InChI is InChI=1S/C20H28N4O/c1-5-9-24-16(4)12-21-19(24)17-8-10-23(13-17)20(25)22-18-7-6-14(2)15(3)11-18/h6-7,11-12,17H,5,8-10,13H2,1-4H3,(H,22,25). The van der Waals surface area contributed by atoms with E-state index in [0.717, 1.165) is 44.0 Å². The lowest BCUT2D eigenvalue weighted by molar-refractivity contribution is 0.222. The molecule has 0 radical (unpaired) electrons. The van der Waals surface area contributed by atoms with Crippen LogP contribution in [0, 0.1) is 20.8 Å². The summed E-state index contributed by atoms with van der Waals surface area (Å²) in [5.41, 5.74) is 4.49. The molecule has 1 aliphatic heterocycles. The summed E-state index contributed by atoms with van der Waals surface area (Å²) in [6.45, 7) is 10.9. The number of aryl methyl sites for hydroxylation is 3. The number of anilines is 1. The second-order valence-corrected chi connectivity index (χ2v) is 7.07. The molecule has 1 N–H and O–H groups in total. The van der Waals surface area contributed by atoms with Crippen molar-refractivity contribution in [2.24, 2.45) is 0 Å². The van der Waals surface area contributed by atoms with Gasteiger partial charge in [0.2, 0.25) is 0 Å². The smallest absolute Gasteiger partial charge is 0.321 e. The minimum absolute atomic E-state index is 0.0175. The maximum atomic E-state index is 12.6. The highest BCUT2D eigenvalue weighted by atomic mass is 16.2. The number of aromatic nitrogens is 2. The molecule has 0 aliphatic carbocycles. The molecule has 25 heavy (non-hydrogen) atoms. The van der Waals surface area contributed by atoms with Crippen molar-refractivity contribution in [1.82, 2.24) is 14.5 Å². The van der Waals surface area contributed by atoms with Crippen molar-refractivity contribution in [3.8, 4) is 0 Å². The first-order valence-electron chi connectivity index (χ1n) is 9.14. The number of carbonyl (C=O) groups is 1. The van der Waals surface area contributed by atoms with Gasteiger partial charge in [-0.15, -0.1) is 0 Å². The van der Waals surface area contributed by atoms with Crippen LogP contribution in [0.1, 0.15) is 48.3 Å². The third kappa shape index (κ3) is 3.70. The number of nitrogens with zero attached hydrogens (tertiary/aromatic N) is 3. The van der Waals surface area contributed by atoms with Crippen molar-refractivity contribution >= 4 is 11.7 Å². The van der Waals surface area contributed by atoms with E-state index in [-0.39, 0.29) is 6.03 Å². The SMILES string of the molecule is CCCn1c(C)cnc1C1CCN(C(=O)Nc2ccc(C)c(C)c2)C1. The lowest BCUT2D eigenvalue weighted by atomic mass is 10.1. The van der Waals surface area contributed by atoms with Crippen LogP contribution in [0.25, 0.3) is 0 Å². The molecule has 5 heteroatoms. The van der Waals surface area contributed by atoms with Crippen LogP contribution in [0.3, 0.4) is 0 Å². The highest BCUT2D eigenvalue weighted by Gasteiger charge is 2.30. The Balaban J connectivity index is 1.66. The van der Waals surface area contributed by atoms with Crippen LogP contribution >= 0.6 is 0 Å². The third-order valence-electron chi connectivity index (χ3n) is 5.13. The largest absolute Gasteiger partial charge is 0.332 e. The molecule has 0 saturated carbocycles. The summed E-state index contributed by atoms with van der Waals surface area (Å²) in [6.07, 6.45) is 4.01. The van der Waals surface area contributed by atoms with Crippen molar-refractivity contribution in [2.75, 3.05) is 18.4 Å². The van der Waals surface area contributed by atoms with Crippen LogP contribution < -0.4 is 5.32 Å². The maximum Gasteiger partial charge on any atom is 0.321 e. The van der Waals surface area contributed by atoms with E-state index in [1.165, 1.54) is 16.8 Å². The van der Waals surface area contributed by atoms with Crippen molar-refractivity contribution < 1.29 is 4.79 Å². The molecule has 3 rings (SSSR count). The Hall–Kier alpha value is -2.30. The molecule has 1 unspecified atom stereocenters. The molecule has 134 valence electrons. The third-order valence-corrected chi connectivity index (χ3v) is 5.13. The number of imidazole rings is 1. The van der Waals surface area contributed by atoms with Gasteiger partial charge in [-0.3, -0.25) is 0 Å². The minimum atomic E-state index is -0.0175. The summed E-state index contributed by atoms with van der Waals surface area (Å²) in [5, 5.41) is 3.03. The molecule has 0 spiro atoms. The minimum Gasteiger partial charge on any atom is -0.332 e. The van der Waals surface area contributed by atoms with E-state index in [0.29, 0.717) is 5.92 Å². The first-order chi connectivity index (χ1) is 12.0. The lowest BCUT2D eigenvalue weighted by Crippen LogP contribution is -2.33. The number of urea groups is 1. The number of rotatable bonds is 4. The molecule has 1 aliphatic rings. The van der Waals surface area contributed by atoms with E-state index in [4.69, 9.17) is 0 Å². The number of carbonyl (C=O) groups excluding carboxylic acids is 1. The summed E-state index contributed by atoms with van der Waals surface area (Å²) >= 11 is 0. The zero-order chi connectivity index (χ0) is 18.0. The van der Waals surface area contributed by atoms with Gasteiger partial charge in [0.15, 0.2) is 0 Å². The number of hydrogen-bond acceptors (Lipinski definition) is 2. The van der Waals surface area contributed by atoms with Crippen LogP contribution in [0.4, 0.5) is 10.5 Å². The van der Waals surface area contributed by atoms with Crippen LogP contribution in [0.5, 0.6) is 0 Å². The molecule has 1 aromatic carbocycles. The number of hydrogen-bond donors (Lipinski definition) is 1. The fourth-order valence-corrected chi connectivity index (χ4v) is 3.50. The van der Waals surface area contributed by atoms with E-state index >= 15 is 0 Å². The number of nitrogens with one attached hydrogen (secondary N) is 1. The Morgan fingerprint density at radius 3 is 2.80 bits per heavy atom. The van der Waals surface area contributed by atoms with E-state index in [9.17, 15) is 4.79 Å². The molecule has 0 bridgehead atoms. The number of benzene rings is 1. The van der Waals surface area contributed by atoms with Gasteiger partial charge in [-0.2, -0.15) is 0 Å². The molecule has 1 atom stereocenters. The van der Waals surface area contributed by atoms with Gasteiger partial charge >= 0.3 is 6.03 Å². The highest BCUT2D eigenvalue weighted by Crippen LogP contribution is 2.28. The fourth-order valence-electron chi connectivity index (χ4n) is 3.50.